The molecule has 1 aliphatic heterocycles. The van der Waals surface area contributed by atoms with Gasteiger partial charge in [0.25, 0.3) is 0 Å². The normalized spacial score (nSPS) is 31.7. The number of nitrogens with zero attached hydrogens (tertiary/aromatic N) is 1. The molecule has 8 aliphatic carbocycles. The summed E-state index contributed by atoms with van der Waals surface area (Å²) in [7, 11) is 2.63. The van der Waals surface area contributed by atoms with Crippen molar-refractivity contribution in [2.24, 2.45) is 59.2 Å². The largest absolute Gasteiger partial charge is 0.454 e. The molecule has 8 aromatic carbocycles. The summed E-state index contributed by atoms with van der Waals surface area (Å²) < 4.78 is 12.6. The van der Waals surface area contributed by atoms with Crippen molar-refractivity contribution in [3.8, 4) is 16.8 Å². The first-order valence-electron chi connectivity index (χ1n) is 28.9. The van der Waals surface area contributed by atoms with Gasteiger partial charge in [0.1, 0.15) is 5.58 Å². The summed E-state index contributed by atoms with van der Waals surface area (Å²) in [6.07, 6.45) is 11.6. The lowest BCUT2D eigenvalue weighted by molar-refractivity contribution is 0.0684. The SMILES string of the molecule is CC(C)(C)c1ccc(Nc2cc3sc4cc5ccccc5cc4c3cc2-c2cc3c(oc4ccccc43)c3c2[B]c2cc(C45CC6CC7CC(C4)C5C76)cc4c5cc(C67CC8CC9CC(C6)C7C98)ccc5n-3c24)cc1. The minimum atomic E-state index is 0.0688. The monoisotopic (exact) mass is 985 g/mol. The molecule has 12 atom stereocenters. The van der Waals surface area contributed by atoms with Crippen molar-refractivity contribution >= 4 is 116 Å². The zero-order chi connectivity index (χ0) is 48.7. The Morgan fingerprint density at radius 1 is 0.573 bits per heavy atom. The Bertz CT molecular complexity index is 4470. The van der Waals surface area contributed by atoms with Gasteiger partial charge in [-0.25, -0.2) is 0 Å². The second kappa shape index (κ2) is 13.3. The average Bonchev–Trinajstić information content (AvgIpc) is 4.22. The molecule has 8 saturated carbocycles. The molecule has 5 heteroatoms. The molecule has 4 heterocycles. The fourth-order valence-corrected chi connectivity index (χ4v) is 21.7. The highest BCUT2D eigenvalue weighted by atomic mass is 32.1. The maximum absolute atomic E-state index is 7.25. The molecule has 8 fully saturated rings. The zero-order valence-corrected chi connectivity index (χ0v) is 43.8. The van der Waals surface area contributed by atoms with Crippen LogP contribution in [-0.2, 0) is 16.2 Å². The first kappa shape index (κ1) is 40.9. The van der Waals surface area contributed by atoms with Crippen molar-refractivity contribution in [3.05, 3.63) is 150 Å². The van der Waals surface area contributed by atoms with Crippen LogP contribution in [0, 0.1) is 59.2 Å². The third kappa shape index (κ3) is 4.88. The lowest BCUT2D eigenvalue weighted by atomic mass is 9.51. The second-order valence-corrected chi connectivity index (χ2v) is 28.4. The standard InChI is InChI=1S/C70H58BN2OS/c1-68(2,3)42-12-15-45(16-13-42)72-55-29-59-50(49-22-34-8-4-5-9-35(34)23-58(49)75-59)27-47(55)51-28-53-46-10-6-7-11-57(46)74-67(53)66-64(51)71-54-26-44(70-31-39-19-37-21-41(33-70)63(70)61(37)39)25-52-48-24-43(14-17-56(48)73(66)65(52)54)69-30-38-18-36-20-40(32-69)62(69)60(36)38/h4-17,22-29,36-41,60-63,72H,18-21,30-33H2,1-3H3. The van der Waals surface area contributed by atoms with Gasteiger partial charge in [-0.15, -0.1) is 11.3 Å². The van der Waals surface area contributed by atoms with E-state index in [1.54, 1.807) is 11.1 Å². The van der Waals surface area contributed by atoms with Gasteiger partial charge in [-0.1, -0.05) is 93.0 Å². The van der Waals surface area contributed by atoms with Gasteiger partial charge < -0.3 is 14.3 Å². The topological polar surface area (TPSA) is 30.1 Å². The Morgan fingerprint density at radius 2 is 1.23 bits per heavy atom. The molecule has 75 heavy (non-hydrogen) atoms. The number of nitrogens with one attached hydrogen (secondary N) is 1. The zero-order valence-electron chi connectivity index (χ0n) is 43.0. The van der Waals surface area contributed by atoms with Crippen LogP contribution in [-0.4, -0.2) is 11.8 Å². The molecule has 1 radical (unpaired) electrons. The minimum absolute atomic E-state index is 0.0688. The fourth-order valence-electron chi connectivity index (χ4n) is 20.5. The Balaban J connectivity index is 0.871. The number of anilines is 2. The van der Waals surface area contributed by atoms with Crippen LogP contribution < -0.4 is 16.2 Å². The summed E-state index contributed by atoms with van der Waals surface area (Å²) in [5.41, 5.74) is 18.6. The Labute approximate surface area is 441 Å². The summed E-state index contributed by atoms with van der Waals surface area (Å²) >= 11 is 1.91. The molecule has 20 rings (SSSR count). The van der Waals surface area contributed by atoms with Crippen molar-refractivity contribution in [2.75, 3.05) is 5.32 Å². The average molecular weight is 986 g/mol. The van der Waals surface area contributed by atoms with Crippen LogP contribution in [0.3, 0.4) is 0 Å². The predicted molar refractivity (Wildman–Crippen MR) is 313 cm³/mol. The molecular formula is C70H58BN2OS. The maximum atomic E-state index is 7.25. The van der Waals surface area contributed by atoms with Crippen molar-refractivity contribution in [3.63, 3.8) is 0 Å². The number of hydrogen-bond acceptors (Lipinski definition) is 3. The maximum Gasteiger partial charge on any atom is 0.198 e. The van der Waals surface area contributed by atoms with E-state index in [0.717, 1.165) is 81.7 Å². The van der Waals surface area contributed by atoms with Gasteiger partial charge in [0, 0.05) is 64.2 Å². The molecule has 1 N–H and O–H groups in total. The van der Waals surface area contributed by atoms with Gasteiger partial charge in [-0.2, -0.15) is 0 Å². The van der Waals surface area contributed by atoms with Crippen LogP contribution in [0.1, 0.15) is 88.8 Å². The fraction of sp³-hybridized carbons (Fsp3) is 0.343. The highest BCUT2D eigenvalue weighted by Gasteiger charge is 2.74. The third-order valence-corrected chi connectivity index (χ3v) is 24.4. The number of hydrogen-bond donors (Lipinski definition) is 1. The highest BCUT2D eigenvalue weighted by Crippen LogP contribution is 2.80. The van der Waals surface area contributed by atoms with Crippen LogP contribution in [0.2, 0.25) is 0 Å². The molecule has 0 amide bonds. The van der Waals surface area contributed by atoms with E-state index in [-0.39, 0.29) is 5.41 Å². The lowest BCUT2D eigenvalue weighted by Crippen LogP contribution is -2.48. The molecule has 363 valence electrons. The number of furan rings is 1. The van der Waals surface area contributed by atoms with Gasteiger partial charge in [-0.05, 0) is 232 Å². The summed E-state index contributed by atoms with van der Waals surface area (Å²) in [5.74, 6) is 9.53. The van der Waals surface area contributed by atoms with Crippen LogP contribution in [0.4, 0.5) is 11.4 Å². The molecule has 12 unspecified atom stereocenters. The van der Waals surface area contributed by atoms with Gasteiger partial charge in [-0.3, -0.25) is 0 Å². The van der Waals surface area contributed by atoms with E-state index in [9.17, 15) is 0 Å². The van der Waals surface area contributed by atoms with E-state index in [1.807, 2.05) is 11.3 Å². The molecule has 0 spiro atoms. The van der Waals surface area contributed by atoms with Crippen molar-refractivity contribution in [1.82, 2.24) is 4.57 Å². The van der Waals surface area contributed by atoms with E-state index in [2.05, 4.69) is 171 Å². The second-order valence-electron chi connectivity index (χ2n) is 27.3. The highest BCUT2D eigenvalue weighted by molar-refractivity contribution is 7.26. The van der Waals surface area contributed by atoms with E-state index >= 15 is 0 Å². The molecule has 9 aliphatic rings. The van der Waals surface area contributed by atoms with Gasteiger partial charge in [0.2, 0.25) is 0 Å². The number of benzene rings is 8. The molecule has 3 nitrogen and oxygen atoms in total. The summed E-state index contributed by atoms with van der Waals surface area (Å²) in [5, 5.41) is 14.6. The van der Waals surface area contributed by atoms with E-state index in [1.165, 1.54) is 148 Å². The Morgan fingerprint density at radius 3 is 2.00 bits per heavy atom. The van der Waals surface area contributed by atoms with Crippen LogP contribution in [0.15, 0.2) is 138 Å². The lowest BCUT2D eigenvalue weighted by Gasteiger charge is -2.51. The van der Waals surface area contributed by atoms with Gasteiger partial charge in [0.15, 0.2) is 12.9 Å². The Kier molecular flexibility index (Phi) is 7.24. The summed E-state index contributed by atoms with van der Waals surface area (Å²) in [6.45, 7) is 6.91. The van der Waals surface area contributed by atoms with Crippen molar-refractivity contribution in [1.29, 1.82) is 0 Å². The molecule has 0 saturated heterocycles. The van der Waals surface area contributed by atoms with Crippen LogP contribution in [0.5, 0.6) is 0 Å². The molecule has 0 bridgehead atoms. The number of fused-ring (bicyclic) bond motifs is 13. The predicted octanol–water partition coefficient (Wildman–Crippen LogP) is 16.7. The smallest absolute Gasteiger partial charge is 0.198 e. The van der Waals surface area contributed by atoms with E-state index < -0.39 is 0 Å². The molecule has 3 aromatic heterocycles. The van der Waals surface area contributed by atoms with Gasteiger partial charge in [0.05, 0.1) is 11.2 Å². The van der Waals surface area contributed by atoms with Crippen molar-refractivity contribution < 1.29 is 4.42 Å². The first-order chi connectivity index (χ1) is 36.6. The number of aromatic nitrogens is 1. The van der Waals surface area contributed by atoms with Crippen LogP contribution >= 0.6 is 11.3 Å². The first-order valence-corrected chi connectivity index (χ1v) is 29.7. The number of para-hydroxylation sites is 1. The summed E-state index contributed by atoms with van der Waals surface area (Å²) in [4.78, 5) is 0. The molecular weight excluding hydrogens is 928 g/mol. The Hall–Kier alpha value is -6.30. The van der Waals surface area contributed by atoms with E-state index in [4.69, 9.17) is 4.42 Å². The molecule has 11 aromatic rings. The third-order valence-electron chi connectivity index (χ3n) is 23.3. The number of rotatable bonds is 5. The minimum Gasteiger partial charge on any atom is -0.454 e. The van der Waals surface area contributed by atoms with E-state index in [0.29, 0.717) is 10.8 Å². The van der Waals surface area contributed by atoms with Crippen LogP contribution in [0.25, 0.3) is 91.5 Å². The number of thiophene rings is 1. The van der Waals surface area contributed by atoms with Gasteiger partial charge >= 0.3 is 0 Å². The quantitative estimate of drug-likeness (QED) is 0.174. The van der Waals surface area contributed by atoms with Crippen molar-refractivity contribution in [2.45, 2.75) is 88.4 Å². The summed E-state index contributed by atoms with van der Waals surface area (Å²) in [6, 6.07) is 52.6.